The van der Waals surface area contributed by atoms with Crippen molar-refractivity contribution in [2.45, 2.75) is 25.9 Å². The number of nitriles is 1. The molecule has 1 aromatic rings. The lowest BCUT2D eigenvalue weighted by Crippen LogP contribution is -2.32. The standard InChI is InChI=1S/C12H16N2O/c1-3-12(2,15)9-14-11-7-5-4-6-10(11)8-13/h4-7,14-15H,3,9H2,1-2H3. The zero-order valence-corrected chi connectivity index (χ0v) is 9.12. The highest BCUT2D eigenvalue weighted by atomic mass is 16.3. The van der Waals surface area contributed by atoms with Crippen molar-refractivity contribution in [3.05, 3.63) is 29.8 Å². The monoisotopic (exact) mass is 204 g/mol. The van der Waals surface area contributed by atoms with E-state index in [0.29, 0.717) is 18.5 Å². The molecular formula is C12H16N2O. The van der Waals surface area contributed by atoms with Gasteiger partial charge in [-0.05, 0) is 25.5 Å². The Balaban J connectivity index is 2.70. The fourth-order valence-electron chi connectivity index (χ4n) is 1.15. The molecular weight excluding hydrogens is 188 g/mol. The normalized spacial score (nSPS) is 14.0. The number of para-hydroxylation sites is 1. The van der Waals surface area contributed by atoms with E-state index in [0.717, 1.165) is 5.69 Å². The Bertz CT molecular complexity index is 366. The highest BCUT2D eigenvalue weighted by Gasteiger charge is 2.17. The minimum atomic E-state index is -0.734. The summed E-state index contributed by atoms with van der Waals surface area (Å²) in [6.07, 6.45) is 0.675. The van der Waals surface area contributed by atoms with Gasteiger partial charge in [-0.25, -0.2) is 0 Å². The molecule has 3 nitrogen and oxygen atoms in total. The van der Waals surface area contributed by atoms with E-state index in [9.17, 15) is 5.11 Å². The largest absolute Gasteiger partial charge is 0.388 e. The number of anilines is 1. The van der Waals surface area contributed by atoms with E-state index in [4.69, 9.17) is 5.26 Å². The first-order valence-electron chi connectivity index (χ1n) is 5.04. The van der Waals surface area contributed by atoms with E-state index >= 15 is 0 Å². The Labute approximate surface area is 90.4 Å². The zero-order chi connectivity index (χ0) is 11.3. The molecule has 15 heavy (non-hydrogen) atoms. The van der Waals surface area contributed by atoms with Crippen molar-refractivity contribution in [2.24, 2.45) is 0 Å². The van der Waals surface area contributed by atoms with Crippen LogP contribution in [0.4, 0.5) is 5.69 Å². The lowest BCUT2D eigenvalue weighted by Gasteiger charge is -2.22. The zero-order valence-electron chi connectivity index (χ0n) is 9.12. The van der Waals surface area contributed by atoms with Crippen LogP contribution in [0.3, 0.4) is 0 Å². The van der Waals surface area contributed by atoms with Gasteiger partial charge in [-0.3, -0.25) is 0 Å². The van der Waals surface area contributed by atoms with E-state index in [2.05, 4.69) is 11.4 Å². The molecule has 0 heterocycles. The van der Waals surface area contributed by atoms with Gasteiger partial charge in [-0.2, -0.15) is 5.26 Å². The van der Waals surface area contributed by atoms with Crippen LogP contribution in [-0.4, -0.2) is 17.3 Å². The van der Waals surface area contributed by atoms with E-state index in [1.54, 1.807) is 13.0 Å². The van der Waals surface area contributed by atoms with Gasteiger partial charge in [0, 0.05) is 6.54 Å². The molecule has 2 N–H and O–H groups in total. The van der Waals surface area contributed by atoms with E-state index in [-0.39, 0.29) is 0 Å². The number of aliphatic hydroxyl groups is 1. The summed E-state index contributed by atoms with van der Waals surface area (Å²) in [7, 11) is 0. The maximum atomic E-state index is 9.80. The average molecular weight is 204 g/mol. The van der Waals surface area contributed by atoms with Crippen LogP contribution in [0.25, 0.3) is 0 Å². The van der Waals surface area contributed by atoms with Gasteiger partial charge in [0.05, 0.1) is 16.9 Å². The first-order chi connectivity index (χ1) is 7.09. The van der Waals surface area contributed by atoms with Crippen molar-refractivity contribution in [2.75, 3.05) is 11.9 Å². The summed E-state index contributed by atoms with van der Waals surface area (Å²) in [6.45, 7) is 4.15. The van der Waals surface area contributed by atoms with Gasteiger partial charge in [-0.1, -0.05) is 19.1 Å². The molecule has 0 aliphatic carbocycles. The van der Waals surface area contributed by atoms with Crippen LogP contribution in [0, 0.1) is 11.3 Å². The molecule has 0 aliphatic rings. The molecule has 3 heteroatoms. The Morgan fingerprint density at radius 2 is 2.13 bits per heavy atom. The second kappa shape index (κ2) is 4.81. The summed E-state index contributed by atoms with van der Waals surface area (Å²) >= 11 is 0. The minimum Gasteiger partial charge on any atom is -0.388 e. The van der Waals surface area contributed by atoms with Crippen molar-refractivity contribution >= 4 is 5.69 Å². The SMILES string of the molecule is CCC(C)(O)CNc1ccccc1C#N. The number of benzene rings is 1. The highest BCUT2D eigenvalue weighted by Crippen LogP contribution is 2.16. The van der Waals surface area contributed by atoms with Gasteiger partial charge < -0.3 is 10.4 Å². The Hall–Kier alpha value is -1.53. The molecule has 0 saturated heterocycles. The molecule has 0 aliphatic heterocycles. The Morgan fingerprint density at radius 3 is 2.73 bits per heavy atom. The highest BCUT2D eigenvalue weighted by molar-refractivity contribution is 5.57. The number of hydrogen-bond acceptors (Lipinski definition) is 3. The summed E-state index contributed by atoms with van der Waals surface area (Å²) in [5.41, 5.74) is 0.640. The number of nitrogens with zero attached hydrogens (tertiary/aromatic N) is 1. The van der Waals surface area contributed by atoms with Crippen LogP contribution in [0.2, 0.25) is 0 Å². The summed E-state index contributed by atoms with van der Waals surface area (Å²) in [5, 5.41) is 21.7. The summed E-state index contributed by atoms with van der Waals surface area (Å²) in [5.74, 6) is 0. The second-order valence-corrected chi connectivity index (χ2v) is 3.86. The molecule has 0 aromatic heterocycles. The number of hydrogen-bond donors (Lipinski definition) is 2. The molecule has 0 bridgehead atoms. The van der Waals surface area contributed by atoms with Gasteiger partial charge in [0.1, 0.15) is 6.07 Å². The molecule has 0 spiro atoms. The minimum absolute atomic E-state index is 0.447. The quantitative estimate of drug-likeness (QED) is 0.790. The third-order valence-corrected chi connectivity index (χ3v) is 2.47. The lowest BCUT2D eigenvalue weighted by molar-refractivity contribution is 0.0697. The molecule has 1 rings (SSSR count). The summed E-state index contributed by atoms with van der Waals surface area (Å²) in [4.78, 5) is 0. The van der Waals surface area contributed by atoms with Crippen LogP contribution in [0.1, 0.15) is 25.8 Å². The van der Waals surface area contributed by atoms with Crippen molar-refractivity contribution in [3.63, 3.8) is 0 Å². The third-order valence-electron chi connectivity index (χ3n) is 2.47. The predicted molar refractivity (Wildman–Crippen MR) is 60.6 cm³/mol. The smallest absolute Gasteiger partial charge is 0.101 e. The van der Waals surface area contributed by atoms with Gasteiger partial charge in [0.2, 0.25) is 0 Å². The lowest BCUT2D eigenvalue weighted by atomic mass is 10.0. The van der Waals surface area contributed by atoms with Gasteiger partial charge in [0.25, 0.3) is 0 Å². The van der Waals surface area contributed by atoms with E-state index in [1.165, 1.54) is 0 Å². The van der Waals surface area contributed by atoms with Crippen LogP contribution >= 0.6 is 0 Å². The second-order valence-electron chi connectivity index (χ2n) is 3.86. The predicted octanol–water partition coefficient (Wildman–Crippen LogP) is 2.13. The molecule has 1 atom stereocenters. The topological polar surface area (TPSA) is 56.0 Å². The van der Waals surface area contributed by atoms with Crippen molar-refractivity contribution < 1.29 is 5.11 Å². The van der Waals surface area contributed by atoms with Gasteiger partial charge in [0.15, 0.2) is 0 Å². The molecule has 80 valence electrons. The van der Waals surface area contributed by atoms with Crippen LogP contribution in [0.15, 0.2) is 24.3 Å². The first kappa shape index (κ1) is 11.5. The van der Waals surface area contributed by atoms with Crippen molar-refractivity contribution in [1.82, 2.24) is 0 Å². The van der Waals surface area contributed by atoms with Crippen LogP contribution in [0.5, 0.6) is 0 Å². The van der Waals surface area contributed by atoms with Crippen molar-refractivity contribution in [1.29, 1.82) is 5.26 Å². The Kier molecular flexibility index (Phi) is 3.70. The fourth-order valence-corrected chi connectivity index (χ4v) is 1.15. The Morgan fingerprint density at radius 1 is 1.47 bits per heavy atom. The van der Waals surface area contributed by atoms with Gasteiger partial charge >= 0.3 is 0 Å². The molecule has 0 radical (unpaired) electrons. The van der Waals surface area contributed by atoms with E-state index in [1.807, 2.05) is 25.1 Å². The maximum Gasteiger partial charge on any atom is 0.101 e. The average Bonchev–Trinajstić information content (AvgIpc) is 2.27. The first-order valence-corrected chi connectivity index (χ1v) is 5.04. The maximum absolute atomic E-state index is 9.80. The van der Waals surface area contributed by atoms with E-state index < -0.39 is 5.60 Å². The third kappa shape index (κ3) is 3.26. The molecule has 1 aromatic carbocycles. The molecule has 0 amide bonds. The molecule has 1 unspecified atom stereocenters. The van der Waals surface area contributed by atoms with Crippen molar-refractivity contribution in [3.8, 4) is 6.07 Å². The molecule has 0 fully saturated rings. The number of nitrogens with one attached hydrogen (secondary N) is 1. The molecule has 0 saturated carbocycles. The van der Waals surface area contributed by atoms with Crippen LogP contribution < -0.4 is 5.32 Å². The summed E-state index contributed by atoms with van der Waals surface area (Å²) in [6, 6.07) is 9.38. The number of rotatable bonds is 4. The van der Waals surface area contributed by atoms with Crippen LogP contribution in [-0.2, 0) is 0 Å². The van der Waals surface area contributed by atoms with Gasteiger partial charge in [-0.15, -0.1) is 0 Å². The fraction of sp³-hybridized carbons (Fsp3) is 0.417. The summed E-state index contributed by atoms with van der Waals surface area (Å²) < 4.78 is 0.